The van der Waals surface area contributed by atoms with E-state index in [9.17, 15) is 9.59 Å². The zero-order valence-electron chi connectivity index (χ0n) is 13.4. The quantitative estimate of drug-likeness (QED) is 0.940. The van der Waals surface area contributed by atoms with E-state index in [1.165, 1.54) is 5.01 Å². The molecule has 2 heterocycles. The van der Waals surface area contributed by atoms with E-state index >= 15 is 0 Å². The van der Waals surface area contributed by atoms with Crippen LogP contribution in [-0.4, -0.2) is 27.5 Å². The minimum absolute atomic E-state index is 0.0798. The highest BCUT2D eigenvalue weighted by Gasteiger charge is 2.24. The first-order chi connectivity index (χ1) is 11.6. The van der Waals surface area contributed by atoms with Crippen LogP contribution >= 0.6 is 0 Å². The van der Waals surface area contributed by atoms with Crippen LogP contribution in [0.25, 0.3) is 0 Å². The van der Waals surface area contributed by atoms with Gasteiger partial charge in [-0.25, -0.2) is 9.99 Å². The summed E-state index contributed by atoms with van der Waals surface area (Å²) >= 11 is 0. The van der Waals surface area contributed by atoms with Crippen molar-refractivity contribution in [2.24, 2.45) is 5.10 Å². The van der Waals surface area contributed by atoms with Crippen molar-refractivity contribution < 1.29 is 9.59 Å². The van der Waals surface area contributed by atoms with Gasteiger partial charge in [0.15, 0.2) is 0 Å². The second-order valence-electron chi connectivity index (χ2n) is 5.66. The van der Waals surface area contributed by atoms with Gasteiger partial charge in [0.2, 0.25) is 5.91 Å². The Bertz CT molecular complexity index is 769. The van der Waals surface area contributed by atoms with Gasteiger partial charge in [-0.1, -0.05) is 36.4 Å². The fourth-order valence-electron chi connectivity index (χ4n) is 2.37. The van der Waals surface area contributed by atoms with E-state index < -0.39 is 0 Å². The topological polar surface area (TPSA) is 74.7 Å². The van der Waals surface area contributed by atoms with Gasteiger partial charge in [-0.3, -0.25) is 9.59 Å². The van der Waals surface area contributed by atoms with Crippen LogP contribution in [0.15, 0.2) is 53.8 Å². The second kappa shape index (κ2) is 7.04. The lowest BCUT2D eigenvalue weighted by Gasteiger charge is -2.23. The lowest BCUT2D eigenvalue weighted by molar-refractivity contribution is -0.132. The van der Waals surface area contributed by atoms with Crippen LogP contribution in [-0.2, 0) is 16.1 Å². The van der Waals surface area contributed by atoms with Crippen LogP contribution in [0.2, 0.25) is 0 Å². The number of benzene rings is 1. The molecule has 6 nitrogen and oxygen atoms in total. The molecule has 2 aromatic rings. The Morgan fingerprint density at radius 1 is 1.17 bits per heavy atom. The number of hydrogen-bond acceptors (Lipinski definition) is 4. The first-order valence-electron chi connectivity index (χ1n) is 7.77. The molecule has 1 aliphatic rings. The summed E-state index contributed by atoms with van der Waals surface area (Å²) in [6, 6.07) is 13.2. The average Bonchev–Trinajstić information content (AvgIpc) is 2.60. The molecule has 0 bridgehead atoms. The standard InChI is InChI=1S/C18H18N4O2/c1-13-7-9-16(19-11-13)20-18(24)15-8-10-17(23)22(21-15)12-14-5-3-2-4-6-14/h2-7,9,11H,8,10,12H2,1H3,(H,19,20,24). The molecule has 0 unspecified atom stereocenters. The molecule has 3 rings (SSSR count). The van der Waals surface area contributed by atoms with E-state index in [1.807, 2.05) is 43.3 Å². The number of rotatable bonds is 4. The molecule has 6 heteroatoms. The Kier molecular flexibility index (Phi) is 4.65. The molecule has 0 saturated carbocycles. The Labute approximate surface area is 140 Å². The van der Waals surface area contributed by atoms with Gasteiger partial charge < -0.3 is 5.32 Å². The van der Waals surface area contributed by atoms with Crippen LogP contribution < -0.4 is 5.32 Å². The molecule has 1 aromatic heterocycles. The third kappa shape index (κ3) is 3.84. The predicted molar refractivity (Wildman–Crippen MR) is 91.3 cm³/mol. The van der Waals surface area contributed by atoms with E-state index in [0.29, 0.717) is 24.5 Å². The summed E-state index contributed by atoms with van der Waals surface area (Å²) in [4.78, 5) is 28.5. The number of hydrazone groups is 1. The lowest BCUT2D eigenvalue weighted by Crippen LogP contribution is -2.36. The van der Waals surface area contributed by atoms with Gasteiger partial charge in [-0.15, -0.1) is 0 Å². The van der Waals surface area contributed by atoms with Crippen molar-refractivity contribution in [3.63, 3.8) is 0 Å². The van der Waals surface area contributed by atoms with Gasteiger partial charge in [0.1, 0.15) is 11.5 Å². The summed E-state index contributed by atoms with van der Waals surface area (Å²) in [6.45, 7) is 2.29. The highest BCUT2D eigenvalue weighted by atomic mass is 16.2. The SMILES string of the molecule is Cc1ccc(NC(=O)C2=NN(Cc3ccccc3)C(=O)CC2)nc1. The number of aromatic nitrogens is 1. The summed E-state index contributed by atoms with van der Waals surface area (Å²) in [5, 5.41) is 8.31. The minimum Gasteiger partial charge on any atom is -0.305 e. The average molecular weight is 322 g/mol. The highest BCUT2D eigenvalue weighted by Crippen LogP contribution is 2.14. The second-order valence-corrected chi connectivity index (χ2v) is 5.66. The summed E-state index contributed by atoms with van der Waals surface area (Å²) in [5.41, 5.74) is 2.33. The first kappa shape index (κ1) is 15.9. The van der Waals surface area contributed by atoms with Crippen molar-refractivity contribution in [2.75, 3.05) is 5.32 Å². The molecule has 1 aliphatic heterocycles. The number of nitrogens with one attached hydrogen (secondary N) is 1. The van der Waals surface area contributed by atoms with Gasteiger partial charge in [0.25, 0.3) is 5.91 Å². The number of amides is 2. The zero-order chi connectivity index (χ0) is 16.9. The highest BCUT2D eigenvalue weighted by molar-refractivity contribution is 6.43. The maximum Gasteiger partial charge on any atom is 0.273 e. The van der Waals surface area contributed by atoms with Gasteiger partial charge in [0.05, 0.1) is 6.54 Å². The first-order valence-corrected chi connectivity index (χ1v) is 7.77. The number of anilines is 1. The van der Waals surface area contributed by atoms with Crippen molar-refractivity contribution in [1.29, 1.82) is 0 Å². The normalized spacial score (nSPS) is 14.3. The maximum atomic E-state index is 12.3. The van der Waals surface area contributed by atoms with E-state index in [2.05, 4.69) is 15.4 Å². The van der Waals surface area contributed by atoms with E-state index in [1.54, 1.807) is 12.3 Å². The summed E-state index contributed by atoms with van der Waals surface area (Å²) in [5.74, 6) is 0.0700. The van der Waals surface area contributed by atoms with Crippen molar-refractivity contribution in [2.45, 2.75) is 26.3 Å². The van der Waals surface area contributed by atoms with Crippen molar-refractivity contribution >= 4 is 23.3 Å². The molecule has 0 fully saturated rings. The van der Waals surface area contributed by atoms with Crippen LogP contribution in [0, 0.1) is 6.92 Å². The van der Waals surface area contributed by atoms with E-state index in [0.717, 1.165) is 11.1 Å². The molecule has 1 N–H and O–H groups in total. The smallest absolute Gasteiger partial charge is 0.273 e. The van der Waals surface area contributed by atoms with Crippen molar-refractivity contribution in [1.82, 2.24) is 9.99 Å². The van der Waals surface area contributed by atoms with Crippen LogP contribution in [0.4, 0.5) is 5.82 Å². The number of aryl methyl sites for hydroxylation is 1. The molecule has 122 valence electrons. The van der Waals surface area contributed by atoms with E-state index in [4.69, 9.17) is 0 Å². The van der Waals surface area contributed by atoms with Crippen LogP contribution in [0.1, 0.15) is 24.0 Å². The number of hydrogen-bond donors (Lipinski definition) is 1. The summed E-state index contributed by atoms with van der Waals surface area (Å²) in [6.07, 6.45) is 2.30. The van der Waals surface area contributed by atoms with Gasteiger partial charge in [-0.05, 0) is 24.1 Å². The third-order valence-electron chi connectivity index (χ3n) is 3.70. The number of carbonyl (C=O) groups excluding carboxylic acids is 2. The van der Waals surface area contributed by atoms with Gasteiger partial charge in [-0.2, -0.15) is 5.10 Å². The zero-order valence-corrected chi connectivity index (χ0v) is 13.4. The molecule has 0 aliphatic carbocycles. The molecule has 1 aromatic carbocycles. The predicted octanol–water partition coefficient (Wildman–Crippen LogP) is 2.51. The third-order valence-corrected chi connectivity index (χ3v) is 3.70. The molecular weight excluding hydrogens is 304 g/mol. The fraction of sp³-hybridized carbons (Fsp3) is 0.222. The number of nitrogens with zero attached hydrogens (tertiary/aromatic N) is 3. The van der Waals surface area contributed by atoms with Crippen LogP contribution in [0.5, 0.6) is 0 Å². The molecule has 0 atom stereocenters. The molecule has 0 spiro atoms. The van der Waals surface area contributed by atoms with Gasteiger partial charge in [0, 0.05) is 19.0 Å². The Morgan fingerprint density at radius 2 is 1.96 bits per heavy atom. The summed E-state index contributed by atoms with van der Waals surface area (Å²) < 4.78 is 0. The monoisotopic (exact) mass is 322 g/mol. The largest absolute Gasteiger partial charge is 0.305 e. The van der Waals surface area contributed by atoms with Gasteiger partial charge >= 0.3 is 0 Å². The van der Waals surface area contributed by atoms with E-state index in [-0.39, 0.29) is 18.2 Å². The maximum absolute atomic E-state index is 12.3. The molecule has 24 heavy (non-hydrogen) atoms. The summed E-state index contributed by atoms with van der Waals surface area (Å²) in [7, 11) is 0. The minimum atomic E-state index is -0.322. The van der Waals surface area contributed by atoms with Crippen LogP contribution in [0.3, 0.4) is 0 Å². The number of carbonyl (C=O) groups is 2. The number of pyridine rings is 1. The van der Waals surface area contributed by atoms with Crippen molar-refractivity contribution in [3.8, 4) is 0 Å². The Balaban J connectivity index is 1.72. The Hall–Kier alpha value is -3.02. The molecular formula is C18H18N4O2. The van der Waals surface area contributed by atoms with Crippen molar-refractivity contribution in [3.05, 3.63) is 59.8 Å². The Morgan fingerprint density at radius 3 is 2.67 bits per heavy atom. The fourth-order valence-corrected chi connectivity index (χ4v) is 2.37. The molecule has 0 saturated heterocycles. The lowest BCUT2D eigenvalue weighted by atomic mass is 10.1. The molecule has 0 radical (unpaired) electrons. The molecule has 2 amide bonds.